The first-order chi connectivity index (χ1) is 15.1. The van der Waals surface area contributed by atoms with Gasteiger partial charge in [-0.3, -0.25) is 9.59 Å². The number of aromatic amines is 1. The number of rotatable bonds is 4. The Labute approximate surface area is 187 Å². The highest BCUT2D eigenvalue weighted by atomic mass is 35.5. The van der Waals surface area contributed by atoms with Crippen LogP contribution in [0.15, 0.2) is 89.7 Å². The number of thiophene rings is 1. The largest absolute Gasteiger partial charge is 0.321 e. The first kappa shape index (κ1) is 19.5. The second-order valence-corrected chi connectivity index (χ2v) is 8.70. The summed E-state index contributed by atoms with van der Waals surface area (Å²) in [6.07, 6.45) is 3.24. The summed E-state index contributed by atoms with van der Waals surface area (Å²) in [6.45, 7) is 0. The summed E-state index contributed by atoms with van der Waals surface area (Å²) >= 11 is 7.84. The number of allylic oxidation sites excluding steroid dienone is 1. The molecule has 0 saturated carbocycles. The highest BCUT2D eigenvalue weighted by molar-refractivity contribution is 7.19. The van der Waals surface area contributed by atoms with Gasteiger partial charge in [0.15, 0.2) is 5.78 Å². The van der Waals surface area contributed by atoms with E-state index in [0.717, 1.165) is 25.9 Å². The molecule has 0 amide bonds. The van der Waals surface area contributed by atoms with Gasteiger partial charge in [0, 0.05) is 31.1 Å². The van der Waals surface area contributed by atoms with E-state index < -0.39 is 5.56 Å². The minimum atomic E-state index is -0.417. The number of nitrogens with one attached hydrogen (secondary N) is 1. The van der Waals surface area contributed by atoms with Crippen molar-refractivity contribution >= 4 is 55.8 Å². The molecular weight excluding hydrogens is 426 g/mol. The highest BCUT2D eigenvalue weighted by Gasteiger charge is 2.19. The summed E-state index contributed by atoms with van der Waals surface area (Å²) in [7, 11) is 0. The van der Waals surface area contributed by atoms with Gasteiger partial charge in [0.1, 0.15) is 0 Å². The molecule has 0 atom stereocenters. The van der Waals surface area contributed by atoms with Gasteiger partial charge in [0.25, 0.3) is 5.56 Å². The quantitative estimate of drug-likeness (QED) is 0.242. The number of carbonyl (C=O) groups is 1. The fourth-order valence-electron chi connectivity index (χ4n) is 3.73. The molecule has 5 aromatic rings. The molecular formula is C26H16ClNO2S. The van der Waals surface area contributed by atoms with Crippen molar-refractivity contribution in [2.75, 3.05) is 0 Å². The van der Waals surface area contributed by atoms with Crippen LogP contribution in [0.2, 0.25) is 5.02 Å². The highest BCUT2D eigenvalue weighted by Crippen LogP contribution is 2.32. The third-order valence-corrected chi connectivity index (χ3v) is 6.45. The molecule has 0 radical (unpaired) electrons. The van der Waals surface area contributed by atoms with Crippen LogP contribution in [-0.4, -0.2) is 10.8 Å². The zero-order valence-corrected chi connectivity index (χ0v) is 17.8. The number of hydrogen-bond donors (Lipinski definition) is 1. The van der Waals surface area contributed by atoms with E-state index >= 15 is 0 Å². The van der Waals surface area contributed by atoms with Crippen LogP contribution >= 0.6 is 22.9 Å². The van der Waals surface area contributed by atoms with Crippen LogP contribution < -0.4 is 5.56 Å². The first-order valence-electron chi connectivity index (χ1n) is 9.72. The molecule has 0 saturated heterocycles. The lowest BCUT2D eigenvalue weighted by Gasteiger charge is -2.11. The SMILES string of the molecule is O=C(/C=C/c1cc2ccccc2s1)c1c(-c2ccccc2)c2cc(Cl)ccc2[nH]c1=O. The van der Waals surface area contributed by atoms with E-state index in [4.69, 9.17) is 11.6 Å². The van der Waals surface area contributed by atoms with E-state index in [0.29, 0.717) is 16.1 Å². The van der Waals surface area contributed by atoms with E-state index in [-0.39, 0.29) is 11.3 Å². The van der Waals surface area contributed by atoms with Crippen molar-refractivity contribution in [2.24, 2.45) is 0 Å². The molecule has 2 aromatic heterocycles. The zero-order chi connectivity index (χ0) is 21.4. The molecule has 0 aliphatic heterocycles. The van der Waals surface area contributed by atoms with Crippen molar-refractivity contribution in [3.8, 4) is 11.1 Å². The Kier molecular flexibility index (Phi) is 5.02. The molecule has 1 N–H and O–H groups in total. The van der Waals surface area contributed by atoms with Gasteiger partial charge < -0.3 is 4.98 Å². The topological polar surface area (TPSA) is 49.9 Å². The van der Waals surface area contributed by atoms with Gasteiger partial charge in [-0.1, -0.05) is 60.1 Å². The van der Waals surface area contributed by atoms with E-state index in [1.807, 2.05) is 60.7 Å². The number of ketones is 1. The number of fused-ring (bicyclic) bond motifs is 2. The molecule has 31 heavy (non-hydrogen) atoms. The summed E-state index contributed by atoms with van der Waals surface area (Å²) in [5, 5.41) is 2.40. The van der Waals surface area contributed by atoms with Gasteiger partial charge in [-0.05, 0) is 53.4 Å². The molecule has 2 heterocycles. The minimum absolute atomic E-state index is 0.110. The average Bonchev–Trinajstić information content (AvgIpc) is 3.20. The molecule has 5 heteroatoms. The van der Waals surface area contributed by atoms with Crippen molar-refractivity contribution in [3.63, 3.8) is 0 Å². The smallest absolute Gasteiger partial charge is 0.260 e. The van der Waals surface area contributed by atoms with Gasteiger partial charge in [0.05, 0.1) is 5.56 Å². The lowest BCUT2D eigenvalue weighted by molar-refractivity contribution is 0.104. The normalized spacial score (nSPS) is 11.5. The fraction of sp³-hybridized carbons (Fsp3) is 0. The number of pyridine rings is 1. The Hall–Kier alpha value is -3.47. The predicted molar refractivity (Wildman–Crippen MR) is 130 cm³/mol. The van der Waals surface area contributed by atoms with Crippen LogP contribution in [-0.2, 0) is 0 Å². The zero-order valence-electron chi connectivity index (χ0n) is 16.3. The average molecular weight is 442 g/mol. The Morgan fingerprint density at radius 1 is 0.935 bits per heavy atom. The van der Waals surface area contributed by atoms with Gasteiger partial charge in [0.2, 0.25) is 0 Å². The maximum atomic E-state index is 13.2. The minimum Gasteiger partial charge on any atom is -0.321 e. The van der Waals surface area contributed by atoms with Crippen molar-refractivity contribution in [1.82, 2.24) is 4.98 Å². The predicted octanol–water partition coefficient (Wildman–Crippen LogP) is 6.96. The summed E-state index contributed by atoms with van der Waals surface area (Å²) in [5.74, 6) is -0.348. The van der Waals surface area contributed by atoms with Crippen molar-refractivity contribution in [1.29, 1.82) is 0 Å². The molecule has 0 spiro atoms. The number of benzene rings is 3. The molecule has 0 aliphatic rings. The van der Waals surface area contributed by atoms with Crippen LogP contribution in [0.3, 0.4) is 0 Å². The van der Waals surface area contributed by atoms with E-state index in [9.17, 15) is 9.59 Å². The number of hydrogen-bond acceptors (Lipinski definition) is 3. The molecule has 0 unspecified atom stereocenters. The second kappa shape index (κ2) is 7.99. The fourth-order valence-corrected chi connectivity index (χ4v) is 4.87. The standard InChI is InChI=1S/C26H16ClNO2S/c27-18-10-12-21-20(15-18)24(16-6-2-1-3-7-16)25(26(30)28-21)22(29)13-11-19-14-17-8-4-5-9-23(17)31-19/h1-15H,(H,28,30)/b13-11+. The summed E-state index contributed by atoms with van der Waals surface area (Å²) < 4.78 is 1.15. The number of aromatic nitrogens is 1. The van der Waals surface area contributed by atoms with Crippen LogP contribution in [0.5, 0.6) is 0 Å². The molecule has 5 rings (SSSR count). The summed E-state index contributed by atoms with van der Waals surface area (Å²) in [6, 6.07) is 24.8. The van der Waals surface area contributed by atoms with E-state index in [2.05, 4.69) is 4.98 Å². The third-order valence-electron chi connectivity index (χ3n) is 5.13. The Morgan fingerprint density at radius 3 is 2.52 bits per heavy atom. The second-order valence-electron chi connectivity index (χ2n) is 7.14. The summed E-state index contributed by atoms with van der Waals surface area (Å²) in [4.78, 5) is 30.0. The van der Waals surface area contributed by atoms with Crippen LogP contribution in [0, 0.1) is 0 Å². The van der Waals surface area contributed by atoms with Crippen LogP contribution in [0.1, 0.15) is 15.2 Å². The summed E-state index contributed by atoms with van der Waals surface area (Å²) in [5.41, 5.74) is 1.71. The van der Waals surface area contributed by atoms with Gasteiger partial charge >= 0.3 is 0 Å². The Balaban J connectivity index is 1.67. The molecule has 0 aliphatic carbocycles. The Bertz CT molecular complexity index is 1500. The maximum Gasteiger partial charge on any atom is 0.260 e. The molecule has 3 aromatic carbocycles. The molecule has 0 bridgehead atoms. The Morgan fingerprint density at radius 2 is 1.71 bits per heavy atom. The number of halogens is 1. The number of carbonyl (C=O) groups excluding carboxylic acids is 1. The lowest BCUT2D eigenvalue weighted by atomic mass is 9.94. The maximum absolute atomic E-state index is 13.2. The van der Waals surface area contributed by atoms with Crippen molar-refractivity contribution in [3.05, 3.63) is 111 Å². The van der Waals surface area contributed by atoms with Crippen LogP contribution in [0.25, 0.3) is 38.2 Å². The van der Waals surface area contributed by atoms with E-state index in [1.54, 1.807) is 35.6 Å². The number of H-pyrrole nitrogens is 1. The van der Waals surface area contributed by atoms with Crippen molar-refractivity contribution < 1.29 is 4.79 Å². The molecule has 150 valence electrons. The van der Waals surface area contributed by atoms with E-state index in [1.165, 1.54) is 6.08 Å². The third kappa shape index (κ3) is 3.72. The van der Waals surface area contributed by atoms with Crippen LogP contribution in [0.4, 0.5) is 0 Å². The van der Waals surface area contributed by atoms with Gasteiger partial charge in [-0.25, -0.2) is 0 Å². The van der Waals surface area contributed by atoms with Gasteiger partial charge in [-0.2, -0.15) is 0 Å². The first-order valence-corrected chi connectivity index (χ1v) is 10.9. The van der Waals surface area contributed by atoms with Gasteiger partial charge in [-0.15, -0.1) is 11.3 Å². The monoisotopic (exact) mass is 441 g/mol. The lowest BCUT2D eigenvalue weighted by Crippen LogP contribution is -2.18. The molecule has 3 nitrogen and oxygen atoms in total. The molecule has 0 fully saturated rings. The van der Waals surface area contributed by atoms with Crippen molar-refractivity contribution in [2.45, 2.75) is 0 Å².